The molecule has 0 aromatic carbocycles. The predicted molar refractivity (Wildman–Crippen MR) is 80.6 cm³/mol. The summed E-state index contributed by atoms with van der Waals surface area (Å²) in [6.45, 7) is 2.37. The zero-order valence-electron chi connectivity index (χ0n) is 13.1. The molecule has 2 amide bonds. The van der Waals surface area contributed by atoms with Crippen LogP contribution in [0.15, 0.2) is 0 Å². The normalized spacial score (nSPS) is 34.5. The van der Waals surface area contributed by atoms with Crippen molar-refractivity contribution in [2.45, 2.75) is 51.0 Å². The number of nitrogens with zero attached hydrogens (tertiary/aromatic N) is 1. The molecule has 22 heavy (non-hydrogen) atoms. The molecule has 0 spiro atoms. The number of carbonyl (C=O) groups is 2. The molecule has 3 rings (SSSR count). The largest absolute Gasteiger partial charge is 0.481 e. The molecule has 2 N–H and O–H groups in total. The number of carboxylic acid groups (broad SMARTS) is 1. The Labute approximate surface area is 131 Å². The van der Waals surface area contributed by atoms with E-state index >= 15 is 0 Å². The molecule has 3 fully saturated rings. The van der Waals surface area contributed by atoms with Gasteiger partial charge in [0, 0.05) is 26.2 Å². The SMILES string of the molecule is O=C(NCCC1CCCCO1)N1C[C@@H]2CCC[C@@]2(C(=O)O)C1. The van der Waals surface area contributed by atoms with Gasteiger partial charge in [-0.3, -0.25) is 4.79 Å². The van der Waals surface area contributed by atoms with Gasteiger partial charge in [-0.2, -0.15) is 0 Å². The Morgan fingerprint density at radius 2 is 2.14 bits per heavy atom. The fourth-order valence-corrected chi connectivity index (χ4v) is 4.28. The van der Waals surface area contributed by atoms with Gasteiger partial charge in [-0.25, -0.2) is 4.79 Å². The zero-order chi connectivity index (χ0) is 15.6. The molecular formula is C16H26N2O4. The first-order valence-electron chi connectivity index (χ1n) is 8.49. The summed E-state index contributed by atoms with van der Waals surface area (Å²) in [5, 5.41) is 12.5. The molecule has 3 atom stereocenters. The average molecular weight is 310 g/mol. The number of ether oxygens (including phenoxy) is 1. The third kappa shape index (κ3) is 2.93. The van der Waals surface area contributed by atoms with E-state index in [2.05, 4.69) is 5.32 Å². The number of likely N-dealkylation sites (tertiary alicyclic amines) is 1. The molecule has 1 saturated carbocycles. The molecule has 0 aromatic rings. The molecule has 124 valence electrons. The Bertz CT molecular complexity index is 436. The van der Waals surface area contributed by atoms with Crippen molar-refractivity contribution in [2.75, 3.05) is 26.2 Å². The van der Waals surface area contributed by atoms with E-state index in [0.717, 1.165) is 38.7 Å². The number of nitrogens with one attached hydrogen (secondary N) is 1. The molecule has 0 aromatic heterocycles. The van der Waals surface area contributed by atoms with Gasteiger partial charge < -0.3 is 20.1 Å². The lowest BCUT2D eigenvalue weighted by Gasteiger charge is -2.24. The van der Waals surface area contributed by atoms with Crippen molar-refractivity contribution in [1.29, 1.82) is 0 Å². The first-order chi connectivity index (χ1) is 10.6. The molecule has 0 radical (unpaired) electrons. The molecule has 2 heterocycles. The van der Waals surface area contributed by atoms with Crippen molar-refractivity contribution in [2.24, 2.45) is 11.3 Å². The highest BCUT2D eigenvalue weighted by Crippen LogP contribution is 2.48. The number of rotatable bonds is 4. The second kappa shape index (κ2) is 6.44. The van der Waals surface area contributed by atoms with E-state index in [4.69, 9.17) is 4.74 Å². The van der Waals surface area contributed by atoms with Gasteiger partial charge in [-0.15, -0.1) is 0 Å². The van der Waals surface area contributed by atoms with Crippen molar-refractivity contribution in [1.82, 2.24) is 10.2 Å². The fourth-order valence-electron chi connectivity index (χ4n) is 4.28. The van der Waals surface area contributed by atoms with Gasteiger partial charge >= 0.3 is 12.0 Å². The summed E-state index contributed by atoms with van der Waals surface area (Å²) in [6.07, 6.45) is 7.10. The standard InChI is InChI=1S/C16H26N2O4/c19-14(20)16-7-3-4-12(16)10-18(11-16)15(21)17-8-6-13-5-1-2-9-22-13/h12-13H,1-11H2,(H,17,21)(H,19,20)/t12-,13?,16+/m0/s1. The van der Waals surface area contributed by atoms with Crippen LogP contribution in [0.2, 0.25) is 0 Å². The van der Waals surface area contributed by atoms with Gasteiger partial charge in [0.2, 0.25) is 0 Å². The third-order valence-electron chi connectivity index (χ3n) is 5.60. The van der Waals surface area contributed by atoms with E-state index in [1.807, 2.05) is 0 Å². The summed E-state index contributed by atoms with van der Waals surface area (Å²) < 4.78 is 5.65. The van der Waals surface area contributed by atoms with E-state index in [0.29, 0.717) is 26.1 Å². The molecule has 3 aliphatic rings. The van der Waals surface area contributed by atoms with Gasteiger partial charge in [0.25, 0.3) is 0 Å². The molecule has 6 heteroatoms. The van der Waals surface area contributed by atoms with E-state index in [1.165, 1.54) is 6.42 Å². The van der Waals surface area contributed by atoms with Crippen LogP contribution in [0.3, 0.4) is 0 Å². The highest BCUT2D eigenvalue weighted by atomic mass is 16.5. The maximum Gasteiger partial charge on any atom is 0.317 e. The van der Waals surface area contributed by atoms with E-state index < -0.39 is 11.4 Å². The monoisotopic (exact) mass is 310 g/mol. The van der Waals surface area contributed by atoms with Gasteiger partial charge in [-0.1, -0.05) is 6.42 Å². The third-order valence-corrected chi connectivity index (χ3v) is 5.60. The van der Waals surface area contributed by atoms with Crippen molar-refractivity contribution < 1.29 is 19.4 Å². The Morgan fingerprint density at radius 3 is 2.82 bits per heavy atom. The second-order valence-electron chi connectivity index (χ2n) is 6.94. The lowest BCUT2D eigenvalue weighted by atomic mass is 9.81. The summed E-state index contributed by atoms with van der Waals surface area (Å²) in [4.78, 5) is 25.6. The lowest BCUT2D eigenvalue weighted by molar-refractivity contribution is -0.149. The quantitative estimate of drug-likeness (QED) is 0.830. The van der Waals surface area contributed by atoms with Crippen LogP contribution >= 0.6 is 0 Å². The van der Waals surface area contributed by atoms with Crippen molar-refractivity contribution in [3.05, 3.63) is 0 Å². The first kappa shape index (κ1) is 15.6. The van der Waals surface area contributed by atoms with Gasteiger partial charge in [0.05, 0.1) is 11.5 Å². The van der Waals surface area contributed by atoms with Gasteiger partial charge in [-0.05, 0) is 44.4 Å². The number of carbonyl (C=O) groups excluding carboxylic acids is 1. The zero-order valence-corrected chi connectivity index (χ0v) is 13.1. The Morgan fingerprint density at radius 1 is 1.27 bits per heavy atom. The number of aliphatic carboxylic acids is 1. The highest BCUT2D eigenvalue weighted by molar-refractivity contribution is 5.80. The van der Waals surface area contributed by atoms with E-state index in [1.54, 1.807) is 4.90 Å². The molecule has 2 aliphatic heterocycles. The summed E-state index contributed by atoms with van der Waals surface area (Å²) in [6, 6.07) is -0.120. The lowest BCUT2D eigenvalue weighted by Crippen LogP contribution is -2.42. The minimum atomic E-state index is -0.735. The number of carboxylic acids is 1. The molecule has 0 bridgehead atoms. The predicted octanol–water partition coefficient (Wildman–Crippen LogP) is 1.84. The van der Waals surface area contributed by atoms with Crippen LogP contribution in [0.25, 0.3) is 0 Å². The van der Waals surface area contributed by atoms with Gasteiger partial charge in [0.1, 0.15) is 0 Å². The number of amides is 2. The van der Waals surface area contributed by atoms with E-state index in [9.17, 15) is 14.7 Å². The smallest absolute Gasteiger partial charge is 0.317 e. The van der Waals surface area contributed by atoms with Crippen LogP contribution in [0.5, 0.6) is 0 Å². The number of hydrogen-bond donors (Lipinski definition) is 2. The topological polar surface area (TPSA) is 78.9 Å². The minimum absolute atomic E-state index is 0.120. The number of fused-ring (bicyclic) bond motifs is 1. The van der Waals surface area contributed by atoms with Crippen molar-refractivity contribution in [3.8, 4) is 0 Å². The maximum absolute atomic E-state index is 12.3. The number of hydrogen-bond acceptors (Lipinski definition) is 3. The van der Waals surface area contributed by atoms with Crippen molar-refractivity contribution >= 4 is 12.0 Å². The summed E-state index contributed by atoms with van der Waals surface area (Å²) in [7, 11) is 0. The van der Waals surface area contributed by atoms with Crippen molar-refractivity contribution in [3.63, 3.8) is 0 Å². The molecule has 1 aliphatic carbocycles. The fraction of sp³-hybridized carbons (Fsp3) is 0.875. The van der Waals surface area contributed by atoms with Crippen LogP contribution in [-0.2, 0) is 9.53 Å². The van der Waals surface area contributed by atoms with Crippen LogP contribution in [0.1, 0.15) is 44.9 Å². The van der Waals surface area contributed by atoms with Gasteiger partial charge in [0.15, 0.2) is 0 Å². The Hall–Kier alpha value is -1.30. The molecular weight excluding hydrogens is 284 g/mol. The molecule has 2 saturated heterocycles. The van der Waals surface area contributed by atoms with Crippen LogP contribution in [0, 0.1) is 11.3 Å². The Balaban J connectivity index is 1.46. The van der Waals surface area contributed by atoms with Crippen LogP contribution < -0.4 is 5.32 Å². The van der Waals surface area contributed by atoms with Crippen LogP contribution in [-0.4, -0.2) is 54.4 Å². The first-order valence-corrected chi connectivity index (χ1v) is 8.49. The number of urea groups is 1. The summed E-state index contributed by atoms with van der Waals surface area (Å²) in [5.74, 6) is -0.613. The average Bonchev–Trinajstić information content (AvgIpc) is 3.06. The Kier molecular flexibility index (Phi) is 4.57. The second-order valence-corrected chi connectivity index (χ2v) is 6.94. The van der Waals surface area contributed by atoms with E-state index in [-0.39, 0.29) is 18.1 Å². The maximum atomic E-state index is 12.3. The molecule has 1 unspecified atom stereocenters. The minimum Gasteiger partial charge on any atom is -0.481 e. The molecule has 6 nitrogen and oxygen atoms in total. The summed E-state index contributed by atoms with van der Waals surface area (Å²) >= 11 is 0. The summed E-state index contributed by atoms with van der Waals surface area (Å²) in [5.41, 5.74) is -0.691. The van der Waals surface area contributed by atoms with Crippen LogP contribution in [0.4, 0.5) is 4.79 Å². The highest BCUT2D eigenvalue weighted by Gasteiger charge is 2.55.